The average molecular weight is 1960 g/mol. The van der Waals surface area contributed by atoms with E-state index in [-0.39, 0.29) is 36.9 Å². The molecule has 4 N–H and O–H groups in total. The third-order valence-corrected chi connectivity index (χ3v) is 18.9. The first-order chi connectivity index (χ1) is 57.2. The summed E-state index contributed by atoms with van der Waals surface area (Å²) in [5.74, 6) is -3.22. The van der Waals surface area contributed by atoms with E-state index in [1.165, 1.54) is 25.0 Å². The molecule has 15 aromatic rings. The number of carbonyl (C=O) groups excluding carboxylic acids is 6. The summed E-state index contributed by atoms with van der Waals surface area (Å²) < 4.78 is 19.7. The Labute approximate surface area is 739 Å². The van der Waals surface area contributed by atoms with Crippen molar-refractivity contribution in [2.24, 2.45) is 0 Å². The smallest absolute Gasteiger partial charge is 0.357 e. The SMILES string of the molecule is CCCCNC.CO.Cc1ccc2ccc(C(=O)O)nc2c1.Cc1ccc2ccc(C(=O)OCc3ccccc3)nc2c1.O=C(Cl)C(=O)Cl.O=C(Cl)c1ccc2ccc(Br)cc2n1.O=C(O)c1ccc2ccc(Br)cc2n1.O=C(OCc1ccccc1)c1ccc2ccc(Br)cc2n1.O=C(OCc1ccccc1)c1ccc2ccc(I)cc2n1. The Morgan fingerprint density at radius 1 is 0.361 bits per heavy atom. The standard InChI is InChI=1S/C18H15NO2.C17H12BrNO2.C17H12INO2.C11H9NO2.C10H5BrClNO.C10H6BrNO2.C5H13N.C2Cl2O2.CH4O/c1-13-7-8-15-9-10-16(19-17(15)11-13)18(20)21-12-14-5-3-2-4-6-14;2*18-14-8-6-13-7-9-15(19-16(13)10-14)17(20)21-11-12-4-2-1-3-5-12;1-7-2-3-8-4-5-9(11(13)14)12-10(8)6-7;11-7-3-1-6-2-4-8(10(12)14)13-9(6)5-7;11-7-3-1-6-2-4-8(10(13)14)12-9(6)5-7;1-3-4-5-6-2;3-1(5)2(4)6;1-2/h2-11H,12H2,1H3;2*1-10H,11H2;2-6H,1H3,(H,13,14);1-5H;1-5H,(H,13,14);6H,3-5H2,1-2H3;;2H,1H3. The van der Waals surface area contributed by atoms with E-state index < -0.39 is 45.6 Å². The summed E-state index contributed by atoms with van der Waals surface area (Å²) in [6.45, 7) is 8.07. The molecular weight excluding hydrogens is 1890 g/mol. The first-order valence-corrected chi connectivity index (χ1v) is 40.6. The highest BCUT2D eigenvalue weighted by molar-refractivity contribution is 14.1. The molecule has 6 heterocycles. The number of aromatic nitrogens is 6. The van der Waals surface area contributed by atoms with Crippen molar-refractivity contribution in [2.45, 2.75) is 53.4 Å². The lowest BCUT2D eigenvalue weighted by Gasteiger charge is -2.05. The normalized spacial score (nSPS) is 10.1. The Kier molecular flexibility index (Phi) is 39.8. The lowest BCUT2D eigenvalue weighted by Crippen LogP contribution is -2.07. The van der Waals surface area contributed by atoms with Gasteiger partial charge in [-0.05, 0) is 216 Å². The molecule has 0 aliphatic heterocycles. The van der Waals surface area contributed by atoms with E-state index in [9.17, 15) is 38.4 Å². The molecule has 0 bridgehead atoms. The number of carboxylic acids is 2. The molecule has 28 heteroatoms. The number of carbonyl (C=O) groups is 8. The molecule has 15 rings (SSSR count). The summed E-state index contributed by atoms with van der Waals surface area (Å²) >= 11 is 26.6. The highest BCUT2D eigenvalue weighted by atomic mass is 127. The fourth-order valence-corrected chi connectivity index (χ4v) is 11.9. The number of benzene rings is 9. The van der Waals surface area contributed by atoms with Crippen molar-refractivity contribution in [3.63, 3.8) is 0 Å². The van der Waals surface area contributed by atoms with Crippen LogP contribution in [-0.4, -0.2) is 111 Å². The zero-order valence-corrected chi connectivity index (χ0v) is 73.6. The second kappa shape index (κ2) is 49.9. The summed E-state index contributed by atoms with van der Waals surface area (Å²) in [6, 6.07) is 84.2. The van der Waals surface area contributed by atoms with Crippen LogP contribution >= 0.6 is 105 Å². The minimum Gasteiger partial charge on any atom is -0.477 e. The molecule has 0 saturated carbocycles. The first kappa shape index (κ1) is 94.9. The number of carboxylic acid groups (broad SMARTS) is 2. The van der Waals surface area contributed by atoms with Crippen molar-refractivity contribution >= 4 is 216 Å². The number of rotatable bonds is 16. The molecule has 0 atom stereocenters. The number of ether oxygens (including phenoxy) is 3. The summed E-state index contributed by atoms with van der Waals surface area (Å²) in [6.07, 6.45) is 2.59. The van der Waals surface area contributed by atoms with Gasteiger partial charge < -0.3 is 34.8 Å². The maximum absolute atomic E-state index is 12.1. The van der Waals surface area contributed by atoms with Gasteiger partial charge in [0.2, 0.25) is 0 Å². The quantitative estimate of drug-likeness (QED) is 0.0174. The van der Waals surface area contributed by atoms with E-state index in [1.807, 2.05) is 239 Å². The van der Waals surface area contributed by atoms with Gasteiger partial charge in [0.15, 0.2) is 0 Å². The van der Waals surface area contributed by atoms with Crippen LogP contribution in [0, 0.1) is 17.4 Å². The number of hydrogen-bond donors (Lipinski definition) is 4. The molecule has 0 aliphatic rings. The van der Waals surface area contributed by atoms with Crippen LogP contribution in [0.25, 0.3) is 65.4 Å². The minimum atomic E-state index is -1.14. The molecule has 0 spiro atoms. The number of aliphatic hydroxyl groups is 1. The number of nitrogens with one attached hydrogen (secondary N) is 1. The van der Waals surface area contributed by atoms with Gasteiger partial charge in [0.25, 0.3) is 5.24 Å². The Balaban J connectivity index is 0.000000192. The highest BCUT2D eigenvalue weighted by Gasteiger charge is 2.15. The van der Waals surface area contributed by atoms with Gasteiger partial charge in [0.1, 0.15) is 54.0 Å². The van der Waals surface area contributed by atoms with Crippen molar-refractivity contribution in [1.29, 1.82) is 0 Å². The van der Waals surface area contributed by atoms with Crippen LogP contribution in [0.4, 0.5) is 0 Å². The highest BCUT2D eigenvalue weighted by Crippen LogP contribution is 2.24. The van der Waals surface area contributed by atoms with Gasteiger partial charge in [0.05, 0.1) is 33.1 Å². The molecule has 0 unspecified atom stereocenters. The summed E-state index contributed by atoms with van der Waals surface area (Å²) in [4.78, 5) is 112. The van der Waals surface area contributed by atoms with E-state index >= 15 is 0 Å². The number of aromatic carboxylic acids is 2. The van der Waals surface area contributed by atoms with Gasteiger partial charge in [-0.15, -0.1) is 0 Å². The number of halogens is 7. The van der Waals surface area contributed by atoms with E-state index in [4.69, 9.17) is 41.1 Å². The minimum absolute atomic E-state index is 0.0654. The lowest BCUT2D eigenvalue weighted by molar-refractivity contribution is -0.127. The average Bonchev–Trinajstić information content (AvgIpc) is 0.982. The summed E-state index contributed by atoms with van der Waals surface area (Å²) in [7, 11) is 2.98. The van der Waals surface area contributed by atoms with Crippen LogP contribution in [0.15, 0.2) is 286 Å². The molecule has 0 radical (unpaired) electrons. The van der Waals surface area contributed by atoms with Gasteiger partial charge in [-0.1, -0.05) is 237 Å². The number of aliphatic hydroxyl groups excluding tert-OH is 1. The topological polar surface area (TPSA) is 314 Å². The number of nitrogens with zero attached hydrogens (tertiary/aromatic N) is 6. The number of hydrogen-bond acceptors (Lipinski definition) is 19. The van der Waals surface area contributed by atoms with Crippen LogP contribution in [0.5, 0.6) is 0 Å². The maximum atomic E-state index is 12.1. The Morgan fingerprint density at radius 2 is 0.622 bits per heavy atom. The molecule has 0 saturated heterocycles. The van der Waals surface area contributed by atoms with Gasteiger partial charge >= 0.3 is 40.3 Å². The fraction of sp³-hybridized carbons (Fsp3) is 0.121. The monoisotopic (exact) mass is 1960 g/mol. The number of unbranched alkanes of at least 4 members (excludes halogenated alkanes) is 1. The van der Waals surface area contributed by atoms with E-state index in [2.05, 4.69) is 136 Å². The van der Waals surface area contributed by atoms with E-state index in [0.717, 1.165) is 118 Å². The molecular formula is C91H76Br3Cl3IN7O14. The van der Waals surface area contributed by atoms with Gasteiger partial charge in [-0.25, -0.2) is 53.9 Å². The van der Waals surface area contributed by atoms with E-state index in [0.29, 0.717) is 22.6 Å². The van der Waals surface area contributed by atoms with Gasteiger partial charge in [-0.3, -0.25) is 14.4 Å². The number of fused-ring (bicyclic) bond motifs is 6. The Bertz CT molecular complexity index is 5450. The number of esters is 3. The third kappa shape index (κ3) is 32.2. The molecule has 0 amide bonds. The second-order valence-electron chi connectivity index (χ2n) is 25.0. The molecule has 0 fully saturated rings. The maximum Gasteiger partial charge on any atom is 0.357 e. The molecule has 9 aromatic carbocycles. The fourth-order valence-electron chi connectivity index (χ4n) is 10.2. The summed E-state index contributed by atoms with van der Waals surface area (Å²) in [5.41, 5.74) is 11.0. The molecule has 608 valence electrons. The Morgan fingerprint density at radius 3 is 0.908 bits per heavy atom. The van der Waals surface area contributed by atoms with Crippen molar-refractivity contribution in [3.8, 4) is 0 Å². The molecule has 21 nitrogen and oxygen atoms in total. The van der Waals surface area contributed by atoms with Gasteiger partial charge in [0, 0.05) is 56.4 Å². The number of aryl methyl sites for hydroxylation is 2. The molecule has 0 aliphatic carbocycles. The third-order valence-electron chi connectivity index (χ3n) is 16.2. The number of pyridine rings is 6. The van der Waals surface area contributed by atoms with Gasteiger partial charge in [-0.2, -0.15) is 0 Å². The largest absolute Gasteiger partial charge is 0.477 e. The van der Waals surface area contributed by atoms with Crippen molar-refractivity contribution in [1.82, 2.24) is 35.2 Å². The lowest BCUT2D eigenvalue weighted by atomic mass is 10.1. The van der Waals surface area contributed by atoms with Crippen LogP contribution in [0.1, 0.15) is 111 Å². The van der Waals surface area contributed by atoms with Crippen LogP contribution < -0.4 is 5.32 Å². The zero-order valence-electron chi connectivity index (χ0n) is 64.4. The molecule has 6 aromatic heterocycles. The first-order valence-electron chi connectivity index (χ1n) is 36.0. The predicted octanol–water partition coefficient (Wildman–Crippen LogP) is 21.9. The second-order valence-corrected chi connectivity index (χ2v) is 30.0. The van der Waals surface area contributed by atoms with Crippen LogP contribution in [0.2, 0.25) is 0 Å². The predicted molar refractivity (Wildman–Crippen MR) is 485 cm³/mol. The van der Waals surface area contributed by atoms with Crippen molar-refractivity contribution in [2.75, 3.05) is 20.7 Å². The molecule has 119 heavy (non-hydrogen) atoms. The van der Waals surface area contributed by atoms with E-state index in [1.54, 1.807) is 42.5 Å². The van der Waals surface area contributed by atoms with Crippen LogP contribution in [-0.2, 0) is 43.6 Å². The van der Waals surface area contributed by atoms with Crippen LogP contribution in [0.3, 0.4) is 0 Å². The van der Waals surface area contributed by atoms with Crippen molar-refractivity contribution < 1.29 is 67.9 Å². The van der Waals surface area contributed by atoms with Crippen molar-refractivity contribution in [3.05, 3.63) is 352 Å². The Hall–Kier alpha value is -11.2. The summed E-state index contributed by atoms with van der Waals surface area (Å²) in [5, 5.41) is 30.6. The zero-order chi connectivity index (χ0) is 86.3.